The van der Waals surface area contributed by atoms with E-state index in [1.165, 1.54) is 25.0 Å². The molecule has 1 aliphatic carbocycles. The van der Waals surface area contributed by atoms with Crippen LogP contribution in [0.4, 0.5) is 10.3 Å². The van der Waals surface area contributed by atoms with Gasteiger partial charge in [-0.1, -0.05) is 11.6 Å². The number of allylic oxidation sites excluding steroid dienone is 1. The van der Waals surface area contributed by atoms with Crippen molar-refractivity contribution < 1.29 is 13.9 Å². The molecule has 11 heteroatoms. The third-order valence-electron chi connectivity index (χ3n) is 7.33. The molecule has 6 rings (SSSR count). The van der Waals surface area contributed by atoms with E-state index in [0.29, 0.717) is 59.3 Å². The molecule has 1 aromatic carbocycles. The van der Waals surface area contributed by atoms with E-state index < -0.39 is 6.10 Å². The van der Waals surface area contributed by atoms with E-state index in [9.17, 15) is 4.39 Å². The molecule has 1 saturated heterocycles. The molecule has 2 unspecified atom stereocenters. The van der Waals surface area contributed by atoms with Crippen LogP contribution in [0.25, 0.3) is 0 Å². The minimum absolute atomic E-state index is 0.307. The van der Waals surface area contributed by atoms with Gasteiger partial charge >= 0.3 is 0 Å². The van der Waals surface area contributed by atoms with Crippen molar-refractivity contribution in [2.45, 2.75) is 38.0 Å². The van der Waals surface area contributed by atoms with Crippen LogP contribution in [0.15, 0.2) is 42.1 Å². The minimum Gasteiger partial charge on any atom is -0.481 e. The Morgan fingerprint density at radius 3 is 2.83 bits per heavy atom. The number of nitrogens with one attached hydrogen (secondary N) is 3. The smallest absolute Gasteiger partial charge is 0.242 e. The number of aryl methyl sites for hydroxylation is 1. The third kappa shape index (κ3) is 4.40. The predicted molar refractivity (Wildman–Crippen MR) is 128 cm³/mol. The topological polar surface area (TPSA) is 88.5 Å². The van der Waals surface area contributed by atoms with Gasteiger partial charge in [0.15, 0.2) is 5.82 Å². The summed E-state index contributed by atoms with van der Waals surface area (Å²) in [6.45, 7) is 3.17. The Labute approximate surface area is 208 Å². The monoisotopic (exact) mass is 501 g/mol. The molecular formula is C24H29ClFN7O2. The minimum atomic E-state index is -0.506. The first-order valence-corrected chi connectivity index (χ1v) is 12.5. The Kier molecular flexibility index (Phi) is 5.93. The van der Waals surface area contributed by atoms with Gasteiger partial charge in [0, 0.05) is 49.6 Å². The number of rotatable bonds is 5. The molecule has 0 amide bonds. The molecule has 2 bridgehead atoms. The van der Waals surface area contributed by atoms with E-state index in [1.54, 1.807) is 13.2 Å². The van der Waals surface area contributed by atoms with E-state index in [-0.39, 0.29) is 5.82 Å². The number of anilines is 1. The highest BCUT2D eigenvalue weighted by Crippen LogP contribution is 2.40. The summed E-state index contributed by atoms with van der Waals surface area (Å²) in [4.78, 5) is 7.25. The van der Waals surface area contributed by atoms with Crippen molar-refractivity contribution >= 4 is 17.5 Å². The number of methoxy groups -OCH3 is 1. The molecule has 35 heavy (non-hydrogen) atoms. The first-order valence-electron chi connectivity index (χ1n) is 12.1. The zero-order valence-electron chi connectivity index (χ0n) is 19.5. The number of likely N-dealkylation sites (tertiary alicyclic amines) is 1. The number of hydrogen-bond acceptors (Lipinski definition) is 8. The summed E-state index contributed by atoms with van der Waals surface area (Å²) in [7, 11) is 1.65. The van der Waals surface area contributed by atoms with Gasteiger partial charge in [-0.25, -0.2) is 9.07 Å². The molecule has 2 fully saturated rings. The number of ether oxygens (including phenoxy) is 2. The van der Waals surface area contributed by atoms with Crippen LogP contribution < -0.4 is 16.2 Å². The van der Waals surface area contributed by atoms with Crippen molar-refractivity contribution in [2.24, 2.45) is 11.8 Å². The summed E-state index contributed by atoms with van der Waals surface area (Å²) >= 11 is 6.12. The molecule has 2 aromatic rings. The average Bonchev–Trinajstić information content (AvgIpc) is 3.25. The number of hydrogen-bond donors (Lipinski definition) is 3. The standard InChI is InChI=1S/C24H29ClFN7O2/c1-34-20-10-19(11-27-30-20)32-12-14-3-4-15(13-32)21(14)28-24-29-23-22(35-6-2-5-33(23)31-24)16-7-17(25)9-18(26)8-16/h7-11,14-15,21-22,27,30H,2-6,12-13H2,1H3,(H,28,31)/t14?,15?,21?,22-/m1/s1. The molecule has 4 aliphatic rings. The highest BCUT2D eigenvalue weighted by Gasteiger charge is 2.43. The van der Waals surface area contributed by atoms with Gasteiger partial charge in [-0.15, -0.1) is 5.10 Å². The van der Waals surface area contributed by atoms with Crippen molar-refractivity contribution in [3.8, 4) is 0 Å². The molecule has 4 heterocycles. The van der Waals surface area contributed by atoms with Gasteiger partial charge in [0.2, 0.25) is 11.8 Å². The van der Waals surface area contributed by atoms with E-state index >= 15 is 0 Å². The summed E-state index contributed by atoms with van der Waals surface area (Å²) in [6.07, 6.45) is 6.64. The van der Waals surface area contributed by atoms with Gasteiger partial charge in [0.05, 0.1) is 12.8 Å². The number of piperidine rings is 1. The van der Waals surface area contributed by atoms with E-state index in [1.807, 2.05) is 17.0 Å². The number of fused-ring (bicyclic) bond motifs is 3. The average molecular weight is 502 g/mol. The van der Waals surface area contributed by atoms with E-state index in [0.717, 1.165) is 25.2 Å². The van der Waals surface area contributed by atoms with Crippen molar-refractivity contribution in [1.82, 2.24) is 30.5 Å². The van der Waals surface area contributed by atoms with Gasteiger partial charge in [-0.05, 0) is 54.9 Å². The quantitative estimate of drug-likeness (QED) is 0.576. The summed E-state index contributed by atoms with van der Waals surface area (Å²) < 4.78 is 27.3. The van der Waals surface area contributed by atoms with Gasteiger partial charge in [-0.3, -0.25) is 5.43 Å². The second-order valence-corrected chi connectivity index (χ2v) is 9.98. The first kappa shape index (κ1) is 22.5. The Balaban J connectivity index is 1.20. The van der Waals surface area contributed by atoms with Crippen LogP contribution in [0.1, 0.15) is 36.8 Å². The van der Waals surface area contributed by atoms with Crippen molar-refractivity contribution in [1.29, 1.82) is 0 Å². The largest absolute Gasteiger partial charge is 0.481 e. The molecule has 3 atom stereocenters. The zero-order chi connectivity index (χ0) is 23.9. The van der Waals surface area contributed by atoms with Crippen molar-refractivity contribution in [3.63, 3.8) is 0 Å². The van der Waals surface area contributed by atoms with Crippen molar-refractivity contribution in [2.75, 3.05) is 32.1 Å². The summed E-state index contributed by atoms with van der Waals surface area (Å²) in [5.74, 6) is 2.58. The lowest BCUT2D eigenvalue weighted by molar-refractivity contribution is 0.0810. The maximum absolute atomic E-state index is 14.1. The highest BCUT2D eigenvalue weighted by atomic mass is 35.5. The van der Waals surface area contributed by atoms with Crippen LogP contribution in [-0.2, 0) is 16.0 Å². The fraction of sp³-hybridized carbons (Fsp3) is 0.500. The highest BCUT2D eigenvalue weighted by molar-refractivity contribution is 6.30. The Morgan fingerprint density at radius 2 is 2.06 bits per heavy atom. The summed E-state index contributed by atoms with van der Waals surface area (Å²) in [6, 6.07) is 4.79. The second-order valence-electron chi connectivity index (χ2n) is 9.55. The Hall–Kier alpha value is -2.98. The van der Waals surface area contributed by atoms with Crippen LogP contribution >= 0.6 is 11.6 Å². The molecule has 1 saturated carbocycles. The van der Waals surface area contributed by atoms with Crippen LogP contribution in [0.3, 0.4) is 0 Å². The van der Waals surface area contributed by atoms with Crippen LogP contribution in [-0.4, -0.2) is 52.5 Å². The molecule has 9 nitrogen and oxygen atoms in total. The van der Waals surface area contributed by atoms with Crippen LogP contribution in [0.5, 0.6) is 0 Å². The lowest BCUT2D eigenvalue weighted by Crippen LogP contribution is -2.48. The van der Waals surface area contributed by atoms with Crippen LogP contribution in [0.2, 0.25) is 5.02 Å². The number of halogens is 2. The number of aromatic nitrogens is 3. The molecule has 3 aliphatic heterocycles. The van der Waals surface area contributed by atoms with Crippen molar-refractivity contribution in [3.05, 3.63) is 64.3 Å². The fourth-order valence-electron chi connectivity index (χ4n) is 5.74. The summed E-state index contributed by atoms with van der Waals surface area (Å²) in [5, 5.41) is 8.76. The molecule has 1 aromatic heterocycles. The molecule has 0 radical (unpaired) electrons. The predicted octanol–water partition coefficient (Wildman–Crippen LogP) is 3.14. The second kappa shape index (κ2) is 9.23. The van der Waals surface area contributed by atoms with Gasteiger partial charge in [0.25, 0.3) is 0 Å². The SMILES string of the molecule is COC1=CC(N2CC3CCC(C2)C3Nc2nc3n(n2)CCCO[C@@H]3c2cc(F)cc(Cl)c2)=CNN1. The molecule has 186 valence electrons. The first-order chi connectivity index (χ1) is 17.1. The van der Waals surface area contributed by atoms with Crippen LogP contribution in [0, 0.1) is 17.7 Å². The Morgan fingerprint density at radius 1 is 1.23 bits per heavy atom. The molecule has 0 spiro atoms. The molecule has 3 N–H and O–H groups in total. The van der Waals surface area contributed by atoms with E-state index in [2.05, 4.69) is 21.1 Å². The lowest BCUT2D eigenvalue weighted by Gasteiger charge is -2.40. The number of nitrogens with zero attached hydrogens (tertiary/aromatic N) is 4. The Bertz CT molecular complexity index is 1130. The maximum atomic E-state index is 14.1. The summed E-state index contributed by atoms with van der Waals surface area (Å²) in [5.41, 5.74) is 7.82. The van der Waals surface area contributed by atoms with E-state index in [4.69, 9.17) is 31.2 Å². The molecular weight excluding hydrogens is 473 g/mol. The zero-order valence-corrected chi connectivity index (χ0v) is 20.3. The fourth-order valence-corrected chi connectivity index (χ4v) is 5.97. The van der Waals surface area contributed by atoms with Gasteiger partial charge in [0.1, 0.15) is 11.9 Å². The lowest BCUT2D eigenvalue weighted by atomic mass is 9.92. The maximum Gasteiger partial charge on any atom is 0.242 e. The third-order valence-corrected chi connectivity index (χ3v) is 7.55. The number of hydrazine groups is 1. The number of benzene rings is 1. The van der Waals surface area contributed by atoms with Gasteiger partial charge in [-0.2, -0.15) is 4.98 Å². The normalized spacial score (nSPS) is 27.7. The van der Waals surface area contributed by atoms with Gasteiger partial charge < -0.3 is 25.1 Å².